The quantitative estimate of drug-likeness (QED) is 0.862. The smallest absolute Gasteiger partial charge is 0.251 e. The number of hydrogen-bond acceptors (Lipinski definition) is 4. The second-order valence-corrected chi connectivity index (χ2v) is 7.15. The summed E-state index contributed by atoms with van der Waals surface area (Å²) in [5, 5.41) is 11.9. The van der Waals surface area contributed by atoms with Crippen molar-refractivity contribution >= 4 is 5.91 Å². The fourth-order valence-corrected chi connectivity index (χ4v) is 3.58. The lowest BCUT2D eigenvalue weighted by Crippen LogP contribution is -2.46. The molecule has 0 saturated carbocycles. The molecule has 1 aromatic heterocycles. The maximum absolute atomic E-state index is 12.3. The highest BCUT2D eigenvalue weighted by molar-refractivity contribution is 5.84. The average molecular weight is 330 g/mol. The average Bonchev–Trinajstić information content (AvgIpc) is 3.23. The molecule has 2 saturated heterocycles. The Labute approximate surface area is 143 Å². The molecule has 2 aliphatic rings. The van der Waals surface area contributed by atoms with E-state index < -0.39 is 5.60 Å². The largest absolute Gasteiger partial charge is 0.365 e. The van der Waals surface area contributed by atoms with Crippen LogP contribution in [0.3, 0.4) is 0 Å². The Bertz CT molecular complexity index is 605. The van der Waals surface area contributed by atoms with Gasteiger partial charge in [-0.1, -0.05) is 0 Å². The summed E-state index contributed by atoms with van der Waals surface area (Å²) >= 11 is 0. The van der Waals surface area contributed by atoms with E-state index in [1.54, 1.807) is 0 Å². The van der Waals surface area contributed by atoms with Crippen molar-refractivity contribution in [1.29, 1.82) is 5.26 Å². The van der Waals surface area contributed by atoms with Crippen molar-refractivity contribution in [3.8, 4) is 6.07 Å². The van der Waals surface area contributed by atoms with Gasteiger partial charge in [0.15, 0.2) is 0 Å². The molecule has 0 spiro atoms. The molecular weight excluding hydrogens is 304 g/mol. The number of aromatic amines is 1. The number of nitrogens with zero attached hydrogens (tertiary/aromatic N) is 2. The minimum Gasteiger partial charge on any atom is -0.365 e. The third-order valence-electron chi connectivity index (χ3n) is 5.23. The number of nitriles is 1. The van der Waals surface area contributed by atoms with E-state index in [4.69, 9.17) is 10.00 Å². The van der Waals surface area contributed by atoms with Gasteiger partial charge in [-0.25, -0.2) is 0 Å². The first-order valence-electron chi connectivity index (χ1n) is 8.81. The van der Waals surface area contributed by atoms with Gasteiger partial charge in [0.05, 0.1) is 0 Å². The van der Waals surface area contributed by atoms with Crippen molar-refractivity contribution in [1.82, 2.24) is 15.2 Å². The number of carbonyl (C=O) groups excluding carboxylic acids is 1. The number of amides is 1. The minimum atomic E-state index is -0.618. The van der Waals surface area contributed by atoms with Crippen molar-refractivity contribution in [2.45, 2.75) is 44.8 Å². The molecule has 0 aliphatic carbocycles. The zero-order valence-corrected chi connectivity index (χ0v) is 14.3. The van der Waals surface area contributed by atoms with Crippen LogP contribution in [0.2, 0.25) is 0 Å². The van der Waals surface area contributed by atoms with Crippen molar-refractivity contribution in [2.24, 2.45) is 5.92 Å². The number of ether oxygens (including phenoxy) is 1. The number of nitrogens with one attached hydrogen (secondary N) is 2. The van der Waals surface area contributed by atoms with Crippen LogP contribution < -0.4 is 5.32 Å². The molecule has 3 heterocycles. The molecule has 0 radical (unpaired) electrons. The Morgan fingerprint density at radius 2 is 2.33 bits per heavy atom. The van der Waals surface area contributed by atoms with Gasteiger partial charge in [0.2, 0.25) is 0 Å². The molecule has 0 bridgehead atoms. The van der Waals surface area contributed by atoms with E-state index in [2.05, 4.69) is 21.3 Å². The van der Waals surface area contributed by atoms with Gasteiger partial charge >= 0.3 is 0 Å². The Balaban J connectivity index is 1.39. The predicted molar refractivity (Wildman–Crippen MR) is 90.1 cm³/mol. The van der Waals surface area contributed by atoms with Gasteiger partial charge in [0.1, 0.15) is 17.4 Å². The topological polar surface area (TPSA) is 81.2 Å². The fraction of sp³-hybridized carbons (Fsp3) is 0.667. The van der Waals surface area contributed by atoms with E-state index in [1.807, 2.05) is 19.2 Å². The Morgan fingerprint density at radius 3 is 2.96 bits per heavy atom. The summed E-state index contributed by atoms with van der Waals surface area (Å²) in [4.78, 5) is 17.6. The number of piperidine rings is 1. The van der Waals surface area contributed by atoms with Crippen LogP contribution in [0.4, 0.5) is 0 Å². The van der Waals surface area contributed by atoms with Crippen LogP contribution in [-0.2, 0) is 16.1 Å². The molecule has 2 fully saturated rings. The van der Waals surface area contributed by atoms with E-state index in [0.717, 1.165) is 57.4 Å². The molecule has 24 heavy (non-hydrogen) atoms. The van der Waals surface area contributed by atoms with Gasteiger partial charge in [-0.2, -0.15) is 5.26 Å². The van der Waals surface area contributed by atoms with Crippen molar-refractivity contribution in [3.05, 3.63) is 23.5 Å². The first-order chi connectivity index (χ1) is 11.6. The first-order valence-corrected chi connectivity index (χ1v) is 8.81. The van der Waals surface area contributed by atoms with Gasteiger partial charge < -0.3 is 15.0 Å². The summed E-state index contributed by atoms with van der Waals surface area (Å²) in [5.74, 6) is 0.579. The molecule has 0 aromatic carbocycles. The number of aromatic nitrogens is 1. The zero-order valence-electron chi connectivity index (χ0n) is 14.3. The summed E-state index contributed by atoms with van der Waals surface area (Å²) < 4.78 is 5.59. The molecule has 1 unspecified atom stereocenters. The fourth-order valence-electron chi connectivity index (χ4n) is 3.58. The van der Waals surface area contributed by atoms with E-state index in [9.17, 15) is 4.79 Å². The lowest BCUT2D eigenvalue weighted by Gasteiger charge is -2.32. The van der Waals surface area contributed by atoms with Gasteiger partial charge in [0, 0.05) is 25.9 Å². The van der Waals surface area contributed by atoms with E-state index in [1.165, 1.54) is 0 Å². The summed E-state index contributed by atoms with van der Waals surface area (Å²) in [5.41, 5.74) is 1.16. The maximum atomic E-state index is 12.3. The maximum Gasteiger partial charge on any atom is 0.251 e. The normalized spacial score (nSPS) is 25.5. The highest BCUT2D eigenvalue weighted by Crippen LogP contribution is 2.25. The molecule has 1 aromatic rings. The molecule has 3 rings (SSSR count). The number of likely N-dealkylation sites (tertiary alicyclic amines) is 1. The monoisotopic (exact) mass is 330 g/mol. The van der Waals surface area contributed by atoms with Crippen LogP contribution in [-0.4, -0.2) is 47.6 Å². The van der Waals surface area contributed by atoms with Crippen LogP contribution in [0.1, 0.15) is 43.9 Å². The molecule has 6 heteroatoms. The lowest BCUT2D eigenvalue weighted by molar-refractivity contribution is -0.139. The van der Waals surface area contributed by atoms with Crippen molar-refractivity contribution < 1.29 is 9.53 Å². The highest BCUT2D eigenvalue weighted by atomic mass is 16.5. The van der Waals surface area contributed by atoms with E-state index in [-0.39, 0.29) is 5.91 Å². The van der Waals surface area contributed by atoms with Gasteiger partial charge in [-0.3, -0.25) is 9.69 Å². The molecule has 1 amide bonds. The number of H-pyrrole nitrogens is 1. The molecule has 2 aliphatic heterocycles. The Kier molecular flexibility index (Phi) is 5.22. The molecule has 1 atom stereocenters. The third-order valence-corrected chi connectivity index (χ3v) is 5.23. The second-order valence-electron chi connectivity index (χ2n) is 7.15. The lowest BCUT2D eigenvalue weighted by atomic mass is 9.95. The second kappa shape index (κ2) is 7.37. The van der Waals surface area contributed by atoms with Crippen LogP contribution in [0.25, 0.3) is 0 Å². The van der Waals surface area contributed by atoms with Crippen molar-refractivity contribution in [2.75, 3.05) is 26.2 Å². The van der Waals surface area contributed by atoms with Crippen molar-refractivity contribution in [3.63, 3.8) is 0 Å². The van der Waals surface area contributed by atoms with E-state index in [0.29, 0.717) is 18.2 Å². The summed E-state index contributed by atoms with van der Waals surface area (Å²) in [6.45, 7) is 6.26. The summed E-state index contributed by atoms with van der Waals surface area (Å²) in [6, 6.07) is 4.03. The molecular formula is C18H26N4O2. The predicted octanol–water partition coefficient (Wildman–Crippen LogP) is 1.78. The van der Waals surface area contributed by atoms with Crippen LogP contribution in [0.5, 0.6) is 0 Å². The van der Waals surface area contributed by atoms with Gasteiger partial charge in [-0.05, 0) is 63.2 Å². The molecule has 2 N–H and O–H groups in total. The number of rotatable bonds is 5. The minimum absolute atomic E-state index is 0.0405. The highest BCUT2D eigenvalue weighted by Gasteiger charge is 2.37. The zero-order chi connectivity index (χ0) is 17.0. The van der Waals surface area contributed by atoms with Crippen LogP contribution in [0.15, 0.2) is 12.3 Å². The molecule has 6 nitrogen and oxygen atoms in total. The number of hydrogen-bond donors (Lipinski definition) is 2. The number of carbonyl (C=O) groups is 1. The van der Waals surface area contributed by atoms with Gasteiger partial charge in [-0.15, -0.1) is 0 Å². The third kappa shape index (κ3) is 3.97. The standard InChI is InChI=1S/C18H26N4O2/c1-18(5-2-8-24-18)17(23)21-11-14-3-6-22(7-4-14)13-15-9-16(10-19)20-12-15/h9,12,14,20H,2-8,11,13H2,1H3,(H,21,23). The SMILES string of the molecule is CC1(C(=O)NCC2CCN(Cc3c[nH]c(C#N)c3)CC2)CCCO1. The van der Waals surface area contributed by atoms with E-state index >= 15 is 0 Å². The summed E-state index contributed by atoms with van der Waals surface area (Å²) in [6.07, 6.45) is 5.88. The first kappa shape index (κ1) is 17.0. The Morgan fingerprint density at radius 1 is 1.54 bits per heavy atom. The Hall–Kier alpha value is -1.84. The summed E-state index contributed by atoms with van der Waals surface area (Å²) in [7, 11) is 0. The van der Waals surface area contributed by atoms with Gasteiger partial charge in [0.25, 0.3) is 5.91 Å². The van der Waals surface area contributed by atoms with Crippen LogP contribution >= 0.6 is 0 Å². The molecule has 130 valence electrons. The van der Waals surface area contributed by atoms with Crippen LogP contribution in [0, 0.1) is 17.2 Å².